The minimum atomic E-state index is -0.870. The molecule has 96 valence electrons. The topological polar surface area (TPSA) is 57.6 Å². The Balaban J connectivity index is 2.05. The third-order valence-corrected chi connectivity index (χ3v) is 3.06. The van der Waals surface area contributed by atoms with Crippen molar-refractivity contribution in [1.82, 2.24) is 4.90 Å². The molecule has 0 aromatic heterocycles. The molecule has 5 heteroatoms. The SMILES string of the molecule is O=C(O)CCCN1CCc2ccc(F)cc2C1=O. The third kappa shape index (κ3) is 2.67. The predicted octanol–water partition coefficient (Wildman–Crippen LogP) is 1.69. The normalized spacial score (nSPS) is 14.5. The first-order valence-electron chi connectivity index (χ1n) is 5.87. The van der Waals surface area contributed by atoms with Crippen LogP contribution in [-0.4, -0.2) is 35.0 Å². The molecule has 0 unspecified atom stereocenters. The average molecular weight is 251 g/mol. The van der Waals surface area contributed by atoms with Crippen molar-refractivity contribution in [3.8, 4) is 0 Å². The smallest absolute Gasteiger partial charge is 0.303 e. The summed E-state index contributed by atoms with van der Waals surface area (Å²) in [4.78, 5) is 24.1. The Morgan fingerprint density at radius 3 is 2.94 bits per heavy atom. The molecule has 0 spiro atoms. The van der Waals surface area contributed by atoms with Gasteiger partial charge in [-0.3, -0.25) is 9.59 Å². The number of aliphatic carboxylic acids is 1. The van der Waals surface area contributed by atoms with Crippen molar-refractivity contribution in [3.05, 3.63) is 35.1 Å². The molecule has 1 aromatic carbocycles. The standard InChI is InChI=1S/C13H14FNO3/c14-10-4-3-9-5-7-15(6-1-2-12(16)17)13(18)11(9)8-10/h3-4,8H,1-2,5-7H2,(H,16,17). The molecule has 18 heavy (non-hydrogen) atoms. The molecule has 0 saturated carbocycles. The fraction of sp³-hybridized carbons (Fsp3) is 0.385. The van der Waals surface area contributed by atoms with Crippen molar-refractivity contribution in [2.75, 3.05) is 13.1 Å². The van der Waals surface area contributed by atoms with Crippen LogP contribution in [0.4, 0.5) is 4.39 Å². The number of amides is 1. The summed E-state index contributed by atoms with van der Waals surface area (Å²) in [5, 5.41) is 8.55. The van der Waals surface area contributed by atoms with Gasteiger partial charge >= 0.3 is 5.97 Å². The van der Waals surface area contributed by atoms with E-state index in [0.717, 1.165) is 5.56 Å². The molecule has 0 aliphatic carbocycles. The van der Waals surface area contributed by atoms with Gasteiger partial charge in [-0.25, -0.2) is 4.39 Å². The second-order valence-electron chi connectivity index (χ2n) is 4.34. The van der Waals surface area contributed by atoms with Gasteiger partial charge in [0, 0.05) is 25.1 Å². The quantitative estimate of drug-likeness (QED) is 0.885. The second-order valence-corrected chi connectivity index (χ2v) is 4.34. The zero-order valence-corrected chi connectivity index (χ0v) is 9.86. The number of halogens is 1. The van der Waals surface area contributed by atoms with Gasteiger partial charge in [-0.15, -0.1) is 0 Å². The van der Waals surface area contributed by atoms with Gasteiger partial charge in [0.2, 0.25) is 0 Å². The van der Waals surface area contributed by atoms with E-state index in [4.69, 9.17) is 5.11 Å². The molecule has 0 bridgehead atoms. The van der Waals surface area contributed by atoms with E-state index in [1.54, 1.807) is 11.0 Å². The Morgan fingerprint density at radius 2 is 2.22 bits per heavy atom. The number of carbonyl (C=O) groups excluding carboxylic acids is 1. The molecule has 1 amide bonds. The Hall–Kier alpha value is -1.91. The van der Waals surface area contributed by atoms with E-state index in [1.165, 1.54) is 12.1 Å². The Morgan fingerprint density at radius 1 is 1.44 bits per heavy atom. The van der Waals surface area contributed by atoms with Crippen LogP contribution in [-0.2, 0) is 11.2 Å². The maximum Gasteiger partial charge on any atom is 0.303 e. The number of benzene rings is 1. The molecular formula is C13H14FNO3. The molecule has 0 saturated heterocycles. The molecule has 0 radical (unpaired) electrons. The maximum absolute atomic E-state index is 13.1. The molecule has 0 fully saturated rings. The zero-order valence-electron chi connectivity index (χ0n) is 9.86. The van der Waals surface area contributed by atoms with Gasteiger partial charge in [0.05, 0.1) is 0 Å². The second kappa shape index (κ2) is 5.16. The van der Waals surface area contributed by atoms with Gasteiger partial charge in [-0.1, -0.05) is 6.07 Å². The van der Waals surface area contributed by atoms with Gasteiger partial charge < -0.3 is 10.0 Å². The van der Waals surface area contributed by atoms with E-state index in [2.05, 4.69) is 0 Å². The molecule has 1 N–H and O–H groups in total. The molecule has 1 aliphatic rings. The van der Waals surface area contributed by atoms with Gasteiger partial charge in [0.25, 0.3) is 5.91 Å². The molecule has 1 heterocycles. The summed E-state index contributed by atoms with van der Waals surface area (Å²) in [6, 6.07) is 4.24. The Bertz CT molecular complexity index is 487. The Labute approximate surface area is 104 Å². The molecule has 4 nitrogen and oxygen atoms in total. The highest BCUT2D eigenvalue weighted by atomic mass is 19.1. The van der Waals surface area contributed by atoms with Crippen molar-refractivity contribution in [3.63, 3.8) is 0 Å². The number of hydrogen-bond acceptors (Lipinski definition) is 2. The third-order valence-electron chi connectivity index (χ3n) is 3.06. The van der Waals surface area contributed by atoms with Crippen LogP contribution in [0, 0.1) is 5.82 Å². The molecule has 1 aromatic rings. The number of hydrogen-bond donors (Lipinski definition) is 1. The van der Waals surface area contributed by atoms with Crippen LogP contribution < -0.4 is 0 Å². The monoisotopic (exact) mass is 251 g/mol. The summed E-state index contributed by atoms with van der Waals surface area (Å²) in [5.41, 5.74) is 1.26. The number of carboxylic acid groups (broad SMARTS) is 1. The lowest BCUT2D eigenvalue weighted by Gasteiger charge is -2.28. The summed E-state index contributed by atoms with van der Waals surface area (Å²) in [7, 11) is 0. The molecule has 2 rings (SSSR count). The van der Waals surface area contributed by atoms with Gasteiger partial charge in [-0.05, 0) is 30.5 Å². The number of fused-ring (bicyclic) bond motifs is 1. The summed E-state index contributed by atoms with van der Waals surface area (Å²) in [6.07, 6.45) is 1.15. The highest BCUT2D eigenvalue weighted by Gasteiger charge is 2.24. The molecule has 1 aliphatic heterocycles. The fourth-order valence-electron chi connectivity index (χ4n) is 2.13. The predicted molar refractivity (Wildman–Crippen MR) is 62.9 cm³/mol. The van der Waals surface area contributed by atoms with Crippen LogP contribution in [0.1, 0.15) is 28.8 Å². The van der Waals surface area contributed by atoms with Crippen LogP contribution >= 0.6 is 0 Å². The highest BCUT2D eigenvalue weighted by Crippen LogP contribution is 2.20. The number of carboxylic acids is 1. The van der Waals surface area contributed by atoms with Crippen molar-refractivity contribution < 1.29 is 19.1 Å². The van der Waals surface area contributed by atoms with Crippen molar-refractivity contribution >= 4 is 11.9 Å². The van der Waals surface area contributed by atoms with E-state index >= 15 is 0 Å². The van der Waals surface area contributed by atoms with E-state index in [-0.39, 0.29) is 12.3 Å². The van der Waals surface area contributed by atoms with Crippen molar-refractivity contribution in [2.45, 2.75) is 19.3 Å². The largest absolute Gasteiger partial charge is 0.481 e. The van der Waals surface area contributed by atoms with Crippen LogP contribution in [0.15, 0.2) is 18.2 Å². The van der Waals surface area contributed by atoms with Gasteiger partial charge in [-0.2, -0.15) is 0 Å². The van der Waals surface area contributed by atoms with Crippen molar-refractivity contribution in [1.29, 1.82) is 0 Å². The lowest BCUT2D eigenvalue weighted by atomic mass is 9.98. The first-order chi connectivity index (χ1) is 8.58. The number of carbonyl (C=O) groups is 2. The molecule has 0 atom stereocenters. The minimum Gasteiger partial charge on any atom is -0.481 e. The highest BCUT2D eigenvalue weighted by molar-refractivity contribution is 5.96. The lowest BCUT2D eigenvalue weighted by Crippen LogP contribution is -2.38. The summed E-state index contributed by atoms with van der Waals surface area (Å²) in [6.45, 7) is 0.970. The van der Waals surface area contributed by atoms with E-state index in [1.807, 2.05) is 0 Å². The van der Waals surface area contributed by atoms with Crippen molar-refractivity contribution in [2.24, 2.45) is 0 Å². The minimum absolute atomic E-state index is 0.0415. The first-order valence-corrected chi connectivity index (χ1v) is 5.87. The lowest BCUT2D eigenvalue weighted by molar-refractivity contribution is -0.137. The first kappa shape index (κ1) is 12.5. The van der Waals surface area contributed by atoms with E-state index < -0.39 is 11.8 Å². The number of rotatable bonds is 4. The fourth-order valence-corrected chi connectivity index (χ4v) is 2.13. The zero-order chi connectivity index (χ0) is 13.1. The summed E-state index contributed by atoms with van der Waals surface area (Å²) < 4.78 is 13.1. The van der Waals surface area contributed by atoms with Crippen LogP contribution in [0.3, 0.4) is 0 Å². The van der Waals surface area contributed by atoms with Crippen LogP contribution in [0.2, 0.25) is 0 Å². The van der Waals surface area contributed by atoms with E-state index in [9.17, 15) is 14.0 Å². The average Bonchev–Trinajstić information content (AvgIpc) is 2.32. The summed E-state index contributed by atoms with van der Waals surface area (Å²) in [5.74, 6) is -1.50. The van der Waals surface area contributed by atoms with E-state index in [0.29, 0.717) is 31.5 Å². The van der Waals surface area contributed by atoms with Crippen LogP contribution in [0.5, 0.6) is 0 Å². The van der Waals surface area contributed by atoms with Gasteiger partial charge in [0.1, 0.15) is 5.82 Å². The Kier molecular flexibility index (Phi) is 3.60. The van der Waals surface area contributed by atoms with Crippen LogP contribution in [0.25, 0.3) is 0 Å². The number of nitrogens with zero attached hydrogens (tertiary/aromatic N) is 1. The molecular weight excluding hydrogens is 237 g/mol. The maximum atomic E-state index is 13.1. The van der Waals surface area contributed by atoms with Gasteiger partial charge in [0.15, 0.2) is 0 Å². The summed E-state index contributed by atoms with van der Waals surface area (Å²) >= 11 is 0.